The summed E-state index contributed by atoms with van der Waals surface area (Å²) in [4.78, 5) is 0. The Hall–Kier alpha value is -2.00. The Morgan fingerprint density at radius 3 is 1.88 bits per heavy atom. The van der Waals surface area contributed by atoms with Gasteiger partial charge in [0.2, 0.25) is 0 Å². The van der Waals surface area contributed by atoms with E-state index in [0.29, 0.717) is 12.0 Å². The molecular formula is C21H31N3. The van der Waals surface area contributed by atoms with Crippen molar-refractivity contribution in [2.45, 2.75) is 53.0 Å². The maximum atomic E-state index is 7.03. The fraction of sp³-hybridized carbons (Fsp3) is 0.429. The van der Waals surface area contributed by atoms with E-state index in [-0.39, 0.29) is 16.8 Å². The van der Waals surface area contributed by atoms with Crippen molar-refractivity contribution in [3.63, 3.8) is 0 Å². The van der Waals surface area contributed by atoms with Crippen LogP contribution in [0.5, 0.6) is 0 Å². The fourth-order valence-corrected chi connectivity index (χ4v) is 3.03. The van der Waals surface area contributed by atoms with Crippen molar-refractivity contribution in [2.24, 2.45) is 11.1 Å². The third-order valence-corrected chi connectivity index (χ3v) is 3.84. The molecule has 0 bridgehead atoms. The summed E-state index contributed by atoms with van der Waals surface area (Å²) in [7, 11) is 0. The van der Waals surface area contributed by atoms with Crippen LogP contribution in [-0.4, -0.2) is 11.4 Å². The molecule has 0 radical (unpaired) electrons. The van der Waals surface area contributed by atoms with Crippen LogP contribution in [0.25, 0.3) is 0 Å². The number of hydrogen-bond donors (Lipinski definition) is 3. The average molecular weight is 326 g/mol. The summed E-state index contributed by atoms with van der Waals surface area (Å²) < 4.78 is 0. The summed E-state index contributed by atoms with van der Waals surface area (Å²) >= 11 is 0. The predicted octanol–water partition coefficient (Wildman–Crippen LogP) is 5.01. The monoisotopic (exact) mass is 325 g/mol. The highest BCUT2D eigenvalue weighted by atomic mass is 14.5. The van der Waals surface area contributed by atoms with E-state index in [4.69, 9.17) is 16.6 Å². The fourth-order valence-electron chi connectivity index (χ4n) is 3.03. The summed E-state index contributed by atoms with van der Waals surface area (Å²) in [5.41, 5.74) is 9.44. The van der Waals surface area contributed by atoms with Gasteiger partial charge in [-0.25, -0.2) is 0 Å². The van der Waals surface area contributed by atoms with Crippen molar-refractivity contribution in [3.05, 3.63) is 59.7 Å². The molecule has 0 heterocycles. The topological polar surface area (TPSA) is 73.7 Å². The summed E-state index contributed by atoms with van der Waals surface area (Å²) in [5.74, 6) is 0. The SMILES string of the molecule is CC(C)(C)CC(C)(C)c1cccc(CN)c1.N=C1C=CC=CC1=N. The van der Waals surface area contributed by atoms with E-state index < -0.39 is 0 Å². The second kappa shape index (κ2) is 8.20. The molecule has 0 atom stereocenters. The van der Waals surface area contributed by atoms with Crippen molar-refractivity contribution in [1.29, 1.82) is 10.8 Å². The van der Waals surface area contributed by atoms with Crippen LogP contribution in [0.1, 0.15) is 52.2 Å². The standard InChI is InChI=1S/C15H25N.C6H6N2/c1-14(2,3)11-15(4,5)13-8-6-7-12(9-13)10-16;7-5-3-1-2-4-6(5)8/h6-9H,10-11,16H2,1-5H3;1-4,7-8H. The van der Waals surface area contributed by atoms with Gasteiger partial charge in [0.25, 0.3) is 0 Å². The van der Waals surface area contributed by atoms with Gasteiger partial charge in [-0.1, -0.05) is 71.0 Å². The molecule has 0 fully saturated rings. The maximum Gasteiger partial charge on any atom is 0.0789 e. The first-order valence-corrected chi connectivity index (χ1v) is 8.37. The average Bonchev–Trinajstić information content (AvgIpc) is 2.49. The molecule has 0 aliphatic heterocycles. The molecule has 0 unspecified atom stereocenters. The molecule has 2 rings (SSSR count). The Morgan fingerprint density at radius 2 is 1.46 bits per heavy atom. The molecule has 3 nitrogen and oxygen atoms in total. The van der Waals surface area contributed by atoms with E-state index in [2.05, 4.69) is 58.9 Å². The van der Waals surface area contributed by atoms with E-state index in [1.54, 1.807) is 24.3 Å². The van der Waals surface area contributed by atoms with Gasteiger partial charge < -0.3 is 5.73 Å². The van der Waals surface area contributed by atoms with Crippen LogP contribution in [0, 0.1) is 16.2 Å². The largest absolute Gasteiger partial charge is 0.326 e. The highest BCUT2D eigenvalue weighted by Crippen LogP contribution is 2.36. The molecule has 1 aromatic rings. The van der Waals surface area contributed by atoms with E-state index in [1.807, 2.05) is 0 Å². The normalized spacial score (nSPS) is 14.4. The van der Waals surface area contributed by atoms with E-state index in [9.17, 15) is 0 Å². The third kappa shape index (κ3) is 6.63. The zero-order valence-corrected chi connectivity index (χ0v) is 15.6. The van der Waals surface area contributed by atoms with Crippen molar-refractivity contribution in [3.8, 4) is 0 Å². The van der Waals surface area contributed by atoms with Crippen molar-refractivity contribution in [2.75, 3.05) is 0 Å². The number of rotatable bonds is 3. The number of allylic oxidation sites excluding steroid dienone is 4. The molecule has 130 valence electrons. The van der Waals surface area contributed by atoms with E-state index in [0.717, 1.165) is 0 Å². The number of hydrogen-bond acceptors (Lipinski definition) is 3. The van der Waals surface area contributed by atoms with Gasteiger partial charge in [-0.3, -0.25) is 10.8 Å². The highest BCUT2D eigenvalue weighted by Gasteiger charge is 2.27. The Morgan fingerprint density at radius 1 is 0.917 bits per heavy atom. The van der Waals surface area contributed by atoms with Crippen molar-refractivity contribution >= 4 is 11.4 Å². The van der Waals surface area contributed by atoms with Gasteiger partial charge in [0, 0.05) is 6.54 Å². The molecule has 0 spiro atoms. The van der Waals surface area contributed by atoms with Gasteiger partial charge in [-0.05, 0) is 40.5 Å². The first kappa shape index (κ1) is 20.0. The molecule has 0 saturated carbocycles. The van der Waals surface area contributed by atoms with Crippen LogP contribution in [0.15, 0.2) is 48.6 Å². The van der Waals surface area contributed by atoms with Gasteiger partial charge in [-0.15, -0.1) is 0 Å². The summed E-state index contributed by atoms with van der Waals surface area (Å²) in [5, 5.41) is 14.1. The van der Waals surface area contributed by atoms with Crippen LogP contribution in [0.2, 0.25) is 0 Å². The Labute approximate surface area is 146 Å². The summed E-state index contributed by atoms with van der Waals surface area (Å²) in [6, 6.07) is 8.66. The zero-order chi connectivity index (χ0) is 18.4. The predicted molar refractivity (Wildman–Crippen MR) is 105 cm³/mol. The molecule has 3 heteroatoms. The summed E-state index contributed by atoms with van der Waals surface area (Å²) in [6.07, 6.45) is 7.87. The number of benzene rings is 1. The molecular weight excluding hydrogens is 294 g/mol. The van der Waals surface area contributed by atoms with Crippen LogP contribution < -0.4 is 5.73 Å². The number of nitrogens with two attached hydrogens (primary N) is 1. The quantitative estimate of drug-likeness (QED) is 0.671. The minimum Gasteiger partial charge on any atom is -0.326 e. The Bertz CT molecular complexity index is 621. The van der Waals surface area contributed by atoms with E-state index in [1.165, 1.54) is 17.5 Å². The highest BCUT2D eigenvalue weighted by molar-refractivity contribution is 6.48. The van der Waals surface area contributed by atoms with Crippen LogP contribution >= 0.6 is 0 Å². The zero-order valence-electron chi connectivity index (χ0n) is 15.6. The molecule has 0 saturated heterocycles. The molecule has 4 N–H and O–H groups in total. The van der Waals surface area contributed by atoms with Gasteiger partial charge in [0.1, 0.15) is 0 Å². The first-order chi connectivity index (χ1) is 11.0. The molecule has 1 aliphatic carbocycles. The lowest BCUT2D eigenvalue weighted by atomic mass is 9.72. The maximum absolute atomic E-state index is 7.03. The molecule has 0 amide bonds. The first-order valence-electron chi connectivity index (χ1n) is 8.37. The minimum atomic E-state index is 0.212. The lowest BCUT2D eigenvalue weighted by Gasteiger charge is -2.33. The molecule has 24 heavy (non-hydrogen) atoms. The molecule has 0 aromatic heterocycles. The smallest absolute Gasteiger partial charge is 0.0789 e. The number of nitrogens with one attached hydrogen (secondary N) is 2. The van der Waals surface area contributed by atoms with Gasteiger partial charge in [0.05, 0.1) is 11.4 Å². The summed E-state index contributed by atoms with van der Waals surface area (Å²) in [6.45, 7) is 12.1. The minimum absolute atomic E-state index is 0.212. The molecule has 1 aromatic carbocycles. The van der Waals surface area contributed by atoms with Crippen molar-refractivity contribution in [1.82, 2.24) is 0 Å². The van der Waals surface area contributed by atoms with E-state index >= 15 is 0 Å². The second-order valence-corrected chi connectivity index (χ2v) is 8.07. The van der Waals surface area contributed by atoms with Crippen molar-refractivity contribution < 1.29 is 0 Å². The lowest BCUT2D eigenvalue weighted by Crippen LogP contribution is -2.25. The Balaban J connectivity index is 0.000000300. The molecule has 1 aliphatic rings. The van der Waals surface area contributed by atoms with Crippen LogP contribution in [-0.2, 0) is 12.0 Å². The third-order valence-electron chi connectivity index (χ3n) is 3.84. The van der Waals surface area contributed by atoms with Gasteiger partial charge in [0.15, 0.2) is 0 Å². The van der Waals surface area contributed by atoms with Crippen LogP contribution in [0.4, 0.5) is 0 Å². The van der Waals surface area contributed by atoms with Gasteiger partial charge in [-0.2, -0.15) is 0 Å². The lowest BCUT2D eigenvalue weighted by molar-refractivity contribution is 0.284. The van der Waals surface area contributed by atoms with Crippen LogP contribution in [0.3, 0.4) is 0 Å². The van der Waals surface area contributed by atoms with Gasteiger partial charge >= 0.3 is 0 Å². The Kier molecular flexibility index (Phi) is 6.85. The second-order valence-electron chi connectivity index (χ2n) is 8.07.